The number of ether oxygens (including phenoxy) is 1. The summed E-state index contributed by atoms with van der Waals surface area (Å²) in [7, 11) is 0. The van der Waals surface area contributed by atoms with Crippen molar-refractivity contribution in [3.05, 3.63) is 51.7 Å². The Bertz CT molecular complexity index is 767. The molecule has 1 aliphatic rings. The number of hydrogen-bond acceptors (Lipinski definition) is 5. The van der Waals surface area contributed by atoms with Gasteiger partial charge in [-0.25, -0.2) is 0 Å². The van der Waals surface area contributed by atoms with Crippen LogP contribution >= 0.6 is 11.3 Å². The molecule has 1 atom stereocenters. The first kappa shape index (κ1) is 15.4. The van der Waals surface area contributed by atoms with Gasteiger partial charge in [0.25, 0.3) is 0 Å². The summed E-state index contributed by atoms with van der Waals surface area (Å²) >= 11 is 1.51. The van der Waals surface area contributed by atoms with E-state index in [9.17, 15) is 14.4 Å². The van der Waals surface area contributed by atoms with Gasteiger partial charge in [-0.3, -0.25) is 14.4 Å². The molecule has 1 aromatic heterocycles. The van der Waals surface area contributed by atoms with E-state index in [-0.39, 0.29) is 30.6 Å². The molecule has 0 aliphatic carbocycles. The van der Waals surface area contributed by atoms with Crippen molar-refractivity contribution < 1.29 is 19.1 Å². The molecule has 1 amide bonds. The molecule has 0 saturated carbocycles. The van der Waals surface area contributed by atoms with E-state index in [1.54, 1.807) is 25.1 Å². The van der Waals surface area contributed by atoms with Gasteiger partial charge in [0.2, 0.25) is 5.91 Å². The van der Waals surface area contributed by atoms with Crippen LogP contribution in [0, 0.1) is 0 Å². The Morgan fingerprint density at radius 2 is 2.13 bits per heavy atom. The average molecular weight is 329 g/mol. The number of esters is 1. The van der Waals surface area contributed by atoms with E-state index >= 15 is 0 Å². The molecule has 0 spiro atoms. The summed E-state index contributed by atoms with van der Waals surface area (Å²) in [5.41, 5.74) is 2.85. The molecule has 0 unspecified atom stereocenters. The van der Waals surface area contributed by atoms with Crippen molar-refractivity contribution in [1.29, 1.82) is 0 Å². The average Bonchev–Trinajstić information content (AvgIpc) is 3.14. The number of Topliss-reactive ketones (excluding diaryl/α,β-unsaturated/α-hetero) is 1. The van der Waals surface area contributed by atoms with E-state index in [0.717, 1.165) is 16.8 Å². The van der Waals surface area contributed by atoms with Gasteiger partial charge >= 0.3 is 5.97 Å². The standard InChI is InChI=1S/C17H15NO4S/c1-10-13-7-12(2-3-14(13)18-17(10)21)15(19)8-22-16(20)6-11-4-5-23-9-11/h2-5,7,9-10H,6,8H2,1H3,(H,18,21)/t10-/m1/s1. The summed E-state index contributed by atoms with van der Waals surface area (Å²) in [6.07, 6.45) is 0.163. The van der Waals surface area contributed by atoms with Crippen molar-refractivity contribution in [2.75, 3.05) is 11.9 Å². The molecule has 1 aromatic carbocycles. The van der Waals surface area contributed by atoms with Gasteiger partial charge in [0.1, 0.15) is 0 Å². The lowest BCUT2D eigenvalue weighted by Crippen LogP contribution is -2.15. The minimum absolute atomic E-state index is 0.0770. The second kappa shape index (κ2) is 6.34. The van der Waals surface area contributed by atoms with E-state index in [4.69, 9.17) is 4.74 Å². The molecular formula is C17H15NO4S. The number of benzene rings is 1. The summed E-state index contributed by atoms with van der Waals surface area (Å²) in [4.78, 5) is 35.5. The highest BCUT2D eigenvalue weighted by atomic mass is 32.1. The molecule has 3 rings (SSSR count). The fourth-order valence-electron chi connectivity index (χ4n) is 2.43. The third-order valence-corrected chi connectivity index (χ3v) is 4.52. The monoisotopic (exact) mass is 329 g/mol. The summed E-state index contributed by atoms with van der Waals surface area (Å²) < 4.78 is 5.03. The van der Waals surface area contributed by atoms with E-state index in [0.29, 0.717) is 5.56 Å². The lowest BCUT2D eigenvalue weighted by Gasteiger charge is -2.06. The molecule has 0 bridgehead atoms. The minimum atomic E-state index is -0.428. The lowest BCUT2D eigenvalue weighted by molar-refractivity contribution is -0.141. The molecule has 5 nitrogen and oxygen atoms in total. The van der Waals surface area contributed by atoms with Crippen LogP contribution in [0.4, 0.5) is 5.69 Å². The Morgan fingerprint density at radius 3 is 2.87 bits per heavy atom. The maximum atomic E-state index is 12.2. The number of carbonyl (C=O) groups excluding carboxylic acids is 3. The third kappa shape index (κ3) is 3.32. The summed E-state index contributed by atoms with van der Waals surface area (Å²) in [5, 5.41) is 6.51. The van der Waals surface area contributed by atoms with Crippen molar-refractivity contribution in [2.45, 2.75) is 19.3 Å². The number of fused-ring (bicyclic) bond motifs is 1. The van der Waals surface area contributed by atoms with Crippen LogP contribution in [0.5, 0.6) is 0 Å². The van der Waals surface area contributed by atoms with Gasteiger partial charge in [-0.05, 0) is 53.1 Å². The van der Waals surface area contributed by atoms with Crippen LogP contribution in [0.3, 0.4) is 0 Å². The van der Waals surface area contributed by atoms with Crippen molar-refractivity contribution >= 4 is 34.7 Å². The number of thiophene rings is 1. The van der Waals surface area contributed by atoms with Crippen LogP contribution < -0.4 is 5.32 Å². The van der Waals surface area contributed by atoms with Crippen LogP contribution in [0.25, 0.3) is 0 Å². The fraction of sp³-hybridized carbons (Fsp3) is 0.235. The number of hydrogen-bond donors (Lipinski definition) is 1. The minimum Gasteiger partial charge on any atom is -0.457 e. The molecule has 2 heterocycles. The van der Waals surface area contributed by atoms with Gasteiger partial charge < -0.3 is 10.1 Å². The van der Waals surface area contributed by atoms with Crippen LogP contribution in [0.15, 0.2) is 35.0 Å². The topological polar surface area (TPSA) is 72.5 Å². The summed E-state index contributed by atoms with van der Waals surface area (Å²) in [6, 6.07) is 6.87. The largest absolute Gasteiger partial charge is 0.457 e. The second-order valence-corrected chi connectivity index (χ2v) is 6.19. The molecule has 2 aromatic rings. The van der Waals surface area contributed by atoms with Crippen LogP contribution in [-0.2, 0) is 20.7 Å². The predicted octanol–water partition coefficient (Wildman–Crippen LogP) is 2.77. The van der Waals surface area contributed by atoms with Crippen molar-refractivity contribution in [1.82, 2.24) is 0 Å². The highest BCUT2D eigenvalue weighted by molar-refractivity contribution is 7.08. The maximum absolute atomic E-state index is 12.2. The van der Waals surface area contributed by atoms with Crippen LogP contribution in [0.1, 0.15) is 34.3 Å². The molecule has 0 fully saturated rings. The maximum Gasteiger partial charge on any atom is 0.310 e. The van der Waals surface area contributed by atoms with Gasteiger partial charge in [0.05, 0.1) is 12.3 Å². The zero-order valence-electron chi connectivity index (χ0n) is 12.5. The molecule has 0 saturated heterocycles. The molecule has 1 N–H and O–H groups in total. The number of carbonyl (C=O) groups is 3. The second-order valence-electron chi connectivity index (χ2n) is 5.41. The molecule has 1 aliphatic heterocycles. The first-order valence-electron chi connectivity index (χ1n) is 7.19. The highest BCUT2D eigenvalue weighted by Gasteiger charge is 2.27. The molecule has 23 heavy (non-hydrogen) atoms. The quantitative estimate of drug-likeness (QED) is 0.676. The normalized spacial score (nSPS) is 15.9. The van der Waals surface area contributed by atoms with E-state index in [1.807, 2.05) is 16.8 Å². The Kier molecular flexibility index (Phi) is 4.25. The van der Waals surface area contributed by atoms with E-state index in [2.05, 4.69) is 5.32 Å². The number of rotatable bonds is 5. The van der Waals surface area contributed by atoms with Crippen molar-refractivity contribution in [2.24, 2.45) is 0 Å². The SMILES string of the molecule is C[C@H]1C(=O)Nc2ccc(C(=O)COC(=O)Cc3ccsc3)cc21. The Hall–Kier alpha value is -2.47. The first-order valence-corrected chi connectivity index (χ1v) is 8.13. The number of amides is 1. The van der Waals surface area contributed by atoms with Crippen molar-refractivity contribution in [3.8, 4) is 0 Å². The molecule has 0 radical (unpaired) electrons. The van der Waals surface area contributed by atoms with E-state index in [1.165, 1.54) is 11.3 Å². The fourth-order valence-corrected chi connectivity index (χ4v) is 3.10. The molecular weight excluding hydrogens is 314 g/mol. The first-order chi connectivity index (χ1) is 11.0. The van der Waals surface area contributed by atoms with Gasteiger partial charge in [0, 0.05) is 11.3 Å². The number of anilines is 1. The summed E-state index contributed by atoms with van der Waals surface area (Å²) in [6.45, 7) is 1.49. The van der Waals surface area contributed by atoms with Gasteiger partial charge in [-0.1, -0.05) is 0 Å². The Balaban J connectivity index is 1.61. The molecule has 118 valence electrons. The van der Waals surface area contributed by atoms with Crippen LogP contribution in [0.2, 0.25) is 0 Å². The Morgan fingerprint density at radius 1 is 1.30 bits per heavy atom. The van der Waals surface area contributed by atoms with Gasteiger partial charge in [-0.15, -0.1) is 0 Å². The lowest BCUT2D eigenvalue weighted by atomic mass is 9.99. The summed E-state index contributed by atoms with van der Waals surface area (Å²) in [5.74, 6) is -1.06. The van der Waals surface area contributed by atoms with Crippen molar-refractivity contribution in [3.63, 3.8) is 0 Å². The Labute approximate surface area is 137 Å². The van der Waals surface area contributed by atoms with Gasteiger partial charge in [0.15, 0.2) is 12.4 Å². The van der Waals surface area contributed by atoms with E-state index < -0.39 is 5.97 Å². The number of ketones is 1. The van der Waals surface area contributed by atoms with Gasteiger partial charge in [-0.2, -0.15) is 11.3 Å². The zero-order chi connectivity index (χ0) is 16.4. The zero-order valence-corrected chi connectivity index (χ0v) is 13.3. The number of nitrogens with one attached hydrogen (secondary N) is 1. The van der Waals surface area contributed by atoms with Crippen LogP contribution in [-0.4, -0.2) is 24.3 Å². The smallest absolute Gasteiger partial charge is 0.310 e. The predicted molar refractivity (Wildman–Crippen MR) is 86.8 cm³/mol. The highest BCUT2D eigenvalue weighted by Crippen LogP contribution is 2.32. The molecule has 6 heteroatoms. The third-order valence-electron chi connectivity index (χ3n) is 3.78.